The fraction of sp³-hybridized carbons (Fsp3) is 0.933. The van der Waals surface area contributed by atoms with E-state index in [0.29, 0.717) is 10.8 Å². The van der Waals surface area contributed by atoms with Crippen molar-refractivity contribution in [2.75, 3.05) is 0 Å². The van der Waals surface area contributed by atoms with Gasteiger partial charge in [-0.3, -0.25) is 0 Å². The lowest BCUT2D eigenvalue weighted by Crippen LogP contribution is -2.50. The van der Waals surface area contributed by atoms with Gasteiger partial charge in [-0.15, -0.1) is 0 Å². The van der Waals surface area contributed by atoms with Crippen molar-refractivity contribution in [1.29, 1.82) is 0 Å². The van der Waals surface area contributed by atoms with Gasteiger partial charge in [-0.05, 0) is 104 Å². The summed E-state index contributed by atoms with van der Waals surface area (Å²) < 4.78 is 0. The Morgan fingerprint density at radius 1 is 1.00 bits per heavy atom. The zero-order valence-electron chi connectivity index (χ0n) is 21.6. The molecule has 3 fully saturated rings. The van der Waals surface area contributed by atoms with Gasteiger partial charge in [-0.2, -0.15) is 0 Å². The van der Waals surface area contributed by atoms with Crippen LogP contribution in [0.15, 0.2) is 11.6 Å². The largest absolute Gasteiger partial charge is 0.393 e. The molecule has 0 saturated heterocycles. The van der Waals surface area contributed by atoms with Gasteiger partial charge < -0.3 is 5.11 Å². The van der Waals surface area contributed by atoms with Crippen LogP contribution in [0.1, 0.15) is 119 Å². The lowest BCUT2D eigenvalue weighted by molar-refractivity contribution is -0.0573. The Morgan fingerprint density at radius 3 is 2.48 bits per heavy atom. The van der Waals surface area contributed by atoms with E-state index in [2.05, 4.69) is 47.6 Å². The van der Waals surface area contributed by atoms with E-state index in [4.69, 9.17) is 0 Å². The summed E-state index contributed by atoms with van der Waals surface area (Å²) >= 11 is 0. The highest BCUT2D eigenvalue weighted by Gasteiger charge is 2.59. The Labute approximate surface area is 193 Å². The highest BCUT2D eigenvalue weighted by atomic mass is 16.3. The normalized spacial score (nSPS) is 44.3. The molecule has 4 aliphatic carbocycles. The SMILES string of the molecule is CCC(CCC[C@@H](C)[C@H]1CC[C@H]2[C@@H]3CC=C4C[C@@H](O)CC[C@]4(C)[C@H]3CC[C@]12C)C(C)C. The smallest absolute Gasteiger partial charge is 0.0577 e. The molecule has 0 aromatic heterocycles. The van der Waals surface area contributed by atoms with Gasteiger partial charge in [0.1, 0.15) is 0 Å². The van der Waals surface area contributed by atoms with E-state index in [1.807, 2.05) is 0 Å². The summed E-state index contributed by atoms with van der Waals surface area (Å²) in [4.78, 5) is 0. The van der Waals surface area contributed by atoms with Gasteiger partial charge in [0.2, 0.25) is 0 Å². The minimum atomic E-state index is -0.0792. The molecule has 0 radical (unpaired) electrons. The number of hydrogen-bond acceptors (Lipinski definition) is 1. The molecule has 0 aromatic rings. The lowest BCUT2D eigenvalue weighted by Gasteiger charge is -2.58. The van der Waals surface area contributed by atoms with Crippen LogP contribution in [0.3, 0.4) is 0 Å². The van der Waals surface area contributed by atoms with Crippen LogP contribution >= 0.6 is 0 Å². The molecule has 31 heavy (non-hydrogen) atoms. The fourth-order valence-electron chi connectivity index (χ4n) is 9.53. The molecule has 0 aromatic carbocycles. The van der Waals surface area contributed by atoms with Crippen LogP contribution in [0.4, 0.5) is 0 Å². The van der Waals surface area contributed by atoms with E-state index in [1.165, 1.54) is 64.2 Å². The van der Waals surface area contributed by atoms with E-state index in [9.17, 15) is 5.11 Å². The molecule has 0 heterocycles. The highest BCUT2D eigenvalue weighted by Crippen LogP contribution is 2.67. The molecule has 1 unspecified atom stereocenters. The van der Waals surface area contributed by atoms with Gasteiger partial charge in [0.25, 0.3) is 0 Å². The third-order valence-corrected chi connectivity index (χ3v) is 11.5. The first kappa shape index (κ1) is 23.8. The van der Waals surface area contributed by atoms with E-state index in [-0.39, 0.29) is 6.10 Å². The highest BCUT2D eigenvalue weighted by molar-refractivity contribution is 5.25. The van der Waals surface area contributed by atoms with Crippen molar-refractivity contribution in [3.8, 4) is 0 Å². The molecular formula is C30H52O. The molecule has 4 aliphatic rings. The fourth-order valence-corrected chi connectivity index (χ4v) is 9.53. The van der Waals surface area contributed by atoms with Crippen molar-refractivity contribution in [1.82, 2.24) is 0 Å². The Hall–Kier alpha value is -0.300. The topological polar surface area (TPSA) is 20.2 Å². The standard InChI is InChI=1S/C30H52O/c1-7-22(20(2)3)10-8-9-21(4)26-13-14-27-25-12-11-23-19-24(31)15-17-29(23,5)28(25)16-18-30(26,27)6/h11,20-22,24-28,31H,7-10,12-19H2,1-6H3/t21-,22?,24+,25+,26-,27+,28+,29+,30-/m1/s1. The maximum absolute atomic E-state index is 10.3. The van der Waals surface area contributed by atoms with Gasteiger partial charge in [-0.25, -0.2) is 0 Å². The molecule has 0 bridgehead atoms. The van der Waals surface area contributed by atoms with Crippen LogP contribution in [-0.4, -0.2) is 11.2 Å². The minimum absolute atomic E-state index is 0.0792. The maximum atomic E-state index is 10.3. The molecule has 0 aliphatic heterocycles. The third kappa shape index (κ3) is 4.20. The van der Waals surface area contributed by atoms with Crippen LogP contribution in [-0.2, 0) is 0 Å². The summed E-state index contributed by atoms with van der Waals surface area (Å²) in [6, 6.07) is 0. The van der Waals surface area contributed by atoms with Crippen LogP contribution in [0.25, 0.3) is 0 Å². The van der Waals surface area contributed by atoms with Gasteiger partial charge >= 0.3 is 0 Å². The molecule has 4 rings (SSSR count). The summed E-state index contributed by atoms with van der Waals surface area (Å²) in [5, 5.41) is 10.3. The first-order chi connectivity index (χ1) is 14.7. The zero-order valence-corrected chi connectivity index (χ0v) is 21.6. The van der Waals surface area contributed by atoms with Crippen molar-refractivity contribution < 1.29 is 5.11 Å². The minimum Gasteiger partial charge on any atom is -0.393 e. The molecule has 1 heteroatoms. The van der Waals surface area contributed by atoms with Crippen LogP contribution < -0.4 is 0 Å². The van der Waals surface area contributed by atoms with E-state index in [1.54, 1.807) is 5.57 Å². The quantitative estimate of drug-likeness (QED) is 0.403. The first-order valence-electron chi connectivity index (χ1n) is 14.1. The van der Waals surface area contributed by atoms with Crippen LogP contribution in [0, 0.1) is 52.3 Å². The summed E-state index contributed by atoms with van der Waals surface area (Å²) in [6.45, 7) is 15.1. The molecular weight excluding hydrogens is 376 g/mol. The average molecular weight is 429 g/mol. The molecule has 1 nitrogen and oxygen atoms in total. The van der Waals surface area contributed by atoms with Gasteiger partial charge in [0.05, 0.1) is 6.10 Å². The summed E-state index contributed by atoms with van der Waals surface area (Å²) in [7, 11) is 0. The predicted octanol–water partition coefficient (Wildman–Crippen LogP) is 8.41. The van der Waals surface area contributed by atoms with Crippen molar-refractivity contribution in [3.63, 3.8) is 0 Å². The van der Waals surface area contributed by atoms with Crippen LogP contribution in [0.2, 0.25) is 0 Å². The Morgan fingerprint density at radius 2 is 1.77 bits per heavy atom. The second-order valence-electron chi connectivity index (χ2n) is 13.2. The predicted molar refractivity (Wildman–Crippen MR) is 133 cm³/mol. The summed E-state index contributed by atoms with van der Waals surface area (Å²) in [5.74, 6) is 6.34. The number of rotatable bonds is 7. The van der Waals surface area contributed by atoms with Gasteiger partial charge in [0, 0.05) is 0 Å². The number of aliphatic hydroxyl groups is 1. The molecule has 1 N–H and O–H groups in total. The van der Waals surface area contributed by atoms with Crippen molar-refractivity contribution in [2.45, 2.75) is 125 Å². The van der Waals surface area contributed by atoms with Crippen molar-refractivity contribution in [2.24, 2.45) is 52.3 Å². The van der Waals surface area contributed by atoms with Crippen LogP contribution in [0.5, 0.6) is 0 Å². The maximum Gasteiger partial charge on any atom is 0.0577 e. The number of aliphatic hydroxyl groups excluding tert-OH is 1. The molecule has 0 spiro atoms. The van der Waals surface area contributed by atoms with E-state index < -0.39 is 0 Å². The second kappa shape index (κ2) is 9.15. The zero-order chi connectivity index (χ0) is 22.4. The number of hydrogen-bond donors (Lipinski definition) is 1. The monoisotopic (exact) mass is 428 g/mol. The summed E-state index contributed by atoms with van der Waals surface area (Å²) in [5.41, 5.74) is 2.59. The Kier molecular flexibility index (Phi) is 7.04. The molecule has 3 saturated carbocycles. The third-order valence-electron chi connectivity index (χ3n) is 11.5. The summed E-state index contributed by atoms with van der Waals surface area (Å²) in [6.07, 6.45) is 18.6. The molecule has 9 atom stereocenters. The van der Waals surface area contributed by atoms with Crippen molar-refractivity contribution >= 4 is 0 Å². The lowest BCUT2D eigenvalue weighted by atomic mass is 9.47. The average Bonchev–Trinajstić information content (AvgIpc) is 3.08. The van der Waals surface area contributed by atoms with E-state index >= 15 is 0 Å². The molecule has 0 amide bonds. The first-order valence-corrected chi connectivity index (χ1v) is 14.1. The molecule has 178 valence electrons. The Bertz CT molecular complexity index is 649. The number of allylic oxidation sites excluding steroid dienone is 1. The second-order valence-corrected chi connectivity index (χ2v) is 13.2. The number of fused-ring (bicyclic) bond motifs is 5. The van der Waals surface area contributed by atoms with Gasteiger partial charge in [0.15, 0.2) is 0 Å². The van der Waals surface area contributed by atoms with Crippen molar-refractivity contribution in [3.05, 3.63) is 11.6 Å². The van der Waals surface area contributed by atoms with E-state index in [0.717, 1.165) is 54.3 Å². The van der Waals surface area contributed by atoms with Gasteiger partial charge in [-0.1, -0.05) is 78.9 Å². The Balaban J connectivity index is 1.42.